The van der Waals surface area contributed by atoms with Gasteiger partial charge in [-0.2, -0.15) is 0 Å². The second-order valence-electron chi connectivity index (χ2n) is 5.27. The molecule has 2 atom stereocenters. The van der Waals surface area contributed by atoms with Crippen molar-refractivity contribution in [3.05, 3.63) is 28.2 Å². The molecule has 1 fully saturated rings. The standard InChI is InChI=1S/C15H19Cl2N3O3S/c1-9(23-13-11(16)5-2-6-12(13)17)14(21)19-20-15(24)18-8-10-4-3-7-22-10/h2,5-6,9-10H,3-4,7-8H2,1H3,(H,19,21)(H2,18,20,24)/t9-,10+/m0/s1. The Hall–Kier alpha value is -1.28. The van der Waals surface area contributed by atoms with Crippen molar-refractivity contribution in [1.82, 2.24) is 16.2 Å². The van der Waals surface area contributed by atoms with Gasteiger partial charge < -0.3 is 14.8 Å². The summed E-state index contributed by atoms with van der Waals surface area (Å²) in [5.74, 6) is -0.144. The number of carbonyl (C=O) groups is 1. The van der Waals surface area contributed by atoms with Crippen LogP contribution in [0.15, 0.2) is 18.2 Å². The Kier molecular flexibility index (Phi) is 7.36. The molecule has 1 amide bonds. The van der Waals surface area contributed by atoms with Crippen molar-refractivity contribution in [1.29, 1.82) is 0 Å². The van der Waals surface area contributed by atoms with Crippen LogP contribution in [0.3, 0.4) is 0 Å². The Bertz CT molecular complexity index is 577. The molecule has 9 heteroatoms. The zero-order valence-electron chi connectivity index (χ0n) is 13.1. The van der Waals surface area contributed by atoms with E-state index in [1.807, 2.05) is 0 Å². The molecule has 132 valence electrons. The molecule has 0 spiro atoms. The third-order valence-electron chi connectivity index (χ3n) is 3.40. The molecule has 0 radical (unpaired) electrons. The molecule has 0 aromatic heterocycles. The van der Waals surface area contributed by atoms with Gasteiger partial charge in [0, 0.05) is 13.2 Å². The lowest BCUT2D eigenvalue weighted by atomic mass is 10.2. The van der Waals surface area contributed by atoms with Crippen LogP contribution in [0, 0.1) is 0 Å². The van der Waals surface area contributed by atoms with E-state index in [9.17, 15) is 4.79 Å². The summed E-state index contributed by atoms with van der Waals surface area (Å²) in [6.45, 7) is 2.96. The van der Waals surface area contributed by atoms with Gasteiger partial charge in [0.05, 0.1) is 16.1 Å². The Labute approximate surface area is 156 Å². The summed E-state index contributed by atoms with van der Waals surface area (Å²) in [5.41, 5.74) is 5.09. The van der Waals surface area contributed by atoms with Gasteiger partial charge in [-0.25, -0.2) is 0 Å². The highest BCUT2D eigenvalue weighted by molar-refractivity contribution is 7.80. The van der Waals surface area contributed by atoms with Crippen molar-refractivity contribution < 1.29 is 14.3 Å². The summed E-state index contributed by atoms with van der Waals surface area (Å²) < 4.78 is 11.0. The summed E-state index contributed by atoms with van der Waals surface area (Å²) >= 11 is 17.1. The Morgan fingerprint density at radius 1 is 1.42 bits per heavy atom. The zero-order chi connectivity index (χ0) is 17.5. The lowest BCUT2D eigenvalue weighted by Gasteiger charge is -2.18. The van der Waals surface area contributed by atoms with Gasteiger partial charge in [-0.15, -0.1) is 0 Å². The average molecular weight is 392 g/mol. The number of nitrogens with one attached hydrogen (secondary N) is 3. The number of rotatable bonds is 5. The Balaban J connectivity index is 1.74. The minimum Gasteiger partial charge on any atom is -0.478 e. The van der Waals surface area contributed by atoms with Crippen molar-refractivity contribution in [3.63, 3.8) is 0 Å². The highest BCUT2D eigenvalue weighted by atomic mass is 35.5. The van der Waals surface area contributed by atoms with Gasteiger partial charge in [0.2, 0.25) is 0 Å². The maximum Gasteiger partial charge on any atom is 0.279 e. The molecule has 0 unspecified atom stereocenters. The molecular weight excluding hydrogens is 373 g/mol. The number of benzene rings is 1. The number of hydrogen-bond acceptors (Lipinski definition) is 4. The van der Waals surface area contributed by atoms with Crippen LogP contribution in [-0.4, -0.2) is 36.4 Å². The number of amides is 1. The second kappa shape index (κ2) is 9.27. The van der Waals surface area contributed by atoms with Gasteiger partial charge in [0.25, 0.3) is 5.91 Å². The van der Waals surface area contributed by atoms with Crippen molar-refractivity contribution >= 4 is 46.4 Å². The first kappa shape index (κ1) is 19.1. The fourth-order valence-corrected chi connectivity index (χ4v) is 2.72. The maximum absolute atomic E-state index is 12.0. The number of carbonyl (C=O) groups excluding carboxylic acids is 1. The highest BCUT2D eigenvalue weighted by Crippen LogP contribution is 2.33. The SMILES string of the molecule is C[C@H](Oc1c(Cl)cccc1Cl)C(=O)NNC(=S)NC[C@H]1CCCO1. The summed E-state index contributed by atoms with van der Waals surface area (Å²) in [7, 11) is 0. The van der Waals surface area contributed by atoms with Crippen LogP contribution in [0.4, 0.5) is 0 Å². The Morgan fingerprint density at radius 3 is 2.75 bits per heavy atom. The first-order chi connectivity index (χ1) is 11.5. The Morgan fingerprint density at radius 2 is 2.12 bits per heavy atom. The summed E-state index contributed by atoms with van der Waals surface area (Å²) in [4.78, 5) is 12.0. The molecule has 1 aliphatic heterocycles. The molecule has 3 N–H and O–H groups in total. The highest BCUT2D eigenvalue weighted by Gasteiger charge is 2.19. The molecule has 1 heterocycles. The molecule has 1 aromatic rings. The molecule has 2 rings (SSSR count). The van der Waals surface area contributed by atoms with Crippen molar-refractivity contribution in [2.75, 3.05) is 13.2 Å². The van der Waals surface area contributed by atoms with Crippen molar-refractivity contribution in [3.8, 4) is 5.75 Å². The van der Waals surface area contributed by atoms with Gasteiger partial charge in [-0.1, -0.05) is 29.3 Å². The molecular formula is C15H19Cl2N3O3S. The van der Waals surface area contributed by atoms with E-state index in [0.29, 0.717) is 21.7 Å². The minimum absolute atomic E-state index is 0.157. The monoisotopic (exact) mass is 391 g/mol. The number of hydrogen-bond donors (Lipinski definition) is 3. The molecule has 1 saturated heterocycles. The molecule has 24 heavy (non-hydrogen) atoms. The molecule has 1 aliphatic rings. The maximum atomic E-state index is 12.0. The van der Waals surface area contributed by atoms with Gasteiger partial charge in [-0.3, -0.25) is 15.6 Å². The van der Waals surface area contributed by atoms with Crippen LogP contribution in [0.2, 0.25) is 10.0 Å². The summed E-state index contributed by atoms with van der Waals surface area (Å²) in [6, 6.07) is 4.97. The predicted molar refractivity (Wildman–Crippen MR) is 97.4 cm³/mol. The van der Waals surface area contributed by atoms with E-state index in [-0.39, 0.29) is 11.9 Å². The van der Waals surface area contributed by atoms with Crippen molar-refractivity contribution in [2.45, 2.75) is 32.0 Å². The van der Waals surface area contributed by atoms with Crippen LogP contribution < -0.4 is 20.9 Å². The van der Waals surface area contributed by atoms with E-state index in [1.54, 1.807) is 25.1 Å². The normalized spacial score (nSPS) is 17.9. The fraction of sp³-hybridized carbons (Fsp3) is 0.467. The first-order valence-electron chi connectivity index (χ1n) is 7.53. The lowest BCUT2D eigenvalue weighted by molar-refractivity contribution is -0.127. The van der Waals surface area contributed by atoms with Crippen LogP contribution in [0.25, 0.3) is 0 Å². The number of para-hydroxylation sites is 1. The van der Waals surface area contributed by atoms with Crippen LogP contribution in [0.5, 0.6) is 5.75 Å². The quantitative estimate of drug-likeness (QED) is 0.528. The molecule has 0 saturated carbocycles. The number of hydrazine groups is 1. The molecule has 1 aromatic carbocycles. The van der Waals surface area contributed by atoms with E-state index < -0.39 is 12.0 Å². The third kappa shape index (κ3) is 5.66. The van der Waals surface area contributed by atoms with Gasteiger partial charge in [0.15, 0.2) is 17.0 Å². The van der Waals surface area contributed by atoms with Gasteiger partial charge in [-0.05, 0) is 44.1 Å². The molecule has 6 nitrogen and oxygen atoms in total. The van der Waals surface area contributed by atoms with Crippen LogP contribution >= 0.6 is 35.4 Å². The van der Waals surface area contributed by atoms with E-state index in [0.717, 1.165) is 19.4 Å². The van der Waals surface area contributed by atoms with E-state index >= 15 is 0 Å². The van der Waals surface area contributed by atoms with E-state index in [4.69, 9.17) is 44.9 Å². The van der Waals surface area contributed by atoms with Crippen LogP contribution in [-0.2, 0) is 9.53 Å². The number of ether oxygens (including phenoxy) is 2. The fourth-order valence-electron chi connectivity index (χ4n) is 2.10. The zero-order valence-corrected chi connectivity index (χ0v) is 15.4. The van der Waals surface area contributed by atoms with E-state index in [1.165, 1.54) is 0 Å². The first-order valence-corrected chi connectivity index (χ1v) is 8.69. The largest absolute Gasteiger partial charge is 0.478 e. The minimum atomic E-state index is -0.809. The number of thiocarbonyl (C=S) groups is 1. The second-order valence-corrected chi connectivity index (χ2v) is 6.49. The average Bonchev–Trinajstić information content (AvgIpc) is 3.07. The van der Waals surface area contributed by atoms with E-state index in [2.05, 4.69) is 16.2 Å². The topological polar surface area (TPSA) is 71.6 Å². The number of halogens is 2. The summed E-state index contributed by atoms with van der Waals surface area (Å²) in [5, 5.41) is 3.97. The molecule has 0 bridgehead atoms. The summed E-state index contributed by atoms with van der Waals surface area (Å²) in [6.07, 6.45) is 1.41. The van der Waals surface area contributed by atoms with Gasteiger partial charge in [0.1, 0.15) is 0 Å². The third-order valence-corrected chi connectivity index (χ3v) is 4.24. The molecule has 0 aliphatic carbocycles. The predicted octanol–water partition coefficient (Wildman–Crippen LogP) is 2.43. The smallest absolute Gasteiger partial charge is 0.279 e. The van der Waals surface area contributed by atoms with Crippen molar-refractivity contribution in [2.24, 2.45) is 0 Å². The van der Waals surface area contributed by atoms with Gasteiger partial charge >= 0.3 is 0 Å². The lowest BCUT2D eigenvalue weighted by Crippen LogP contribution is -2.51. The van der Waals surface area contributed by atoms with Crippen LogP contribution in [0.1, 0.15) is 19.8 Å².